The van der Waals surface area contributed by atoms with Crippen LogP contribution < -0.4 is 16.1 Å². The van der Waals surface area contributed by atoms with Gasteiger partial charge in [0.15, 0.2) is 0 Å². The third kappa shape index (κ3) is 3.21. The first-order valence-corrected chi connectivity index (χ1v) is 7.94. The van der Waals surface area contributed by atoms with Gasteiger partial charge in [-0.1, -0.05) is 6.07 Å². The molecule has 1 atom stereocenters. The van der Waals surface area contributed by atoms with Crippen LogP contribution in [-0.2, 0) is 9.59 Å². The number of hydrogen-bond acceptors (Lipinski definition) is 7. The van der Waals surface area contributed by atoms with Crippen molar-refractivity contribution < 1.29 is 14.5 Å². The Hall–Kier alpha value is -3.43. The molecule has 0 aliphatic carbocycles. The van der Waals surface area contributed by atoms with Crippen LogP contribution in [0.2, 0.25) is 0 Å². The van der Waals surface area contributed by atoms with Crippen LogP contribution in [0, 0.1) is 17.0 Å². The average molecular weight is 358 g/mol. The summed E-state index contributed by atoms with van der Waals surface area (Å²) in [6, 6.07) is 3.39. The molecule has 136 valence electrons. The highest BCUT2D eigenvalue weighted by Crippen LogP contribution is 2.24. The molecule has 0 unspecified atom stereocenters. The van der Waals surface area contributed by atoms with Crippen molar-refractivity contribution in [3.8, 4) is 0 Å². The number of amides is 2. The third-order valence-electron chi connectivity index (χ3n) is 4.08. The number of nitrogens with zero attached hydrogens (tertiary/aromatic N) is 3. The van der Waals surface area contributed by atoms with Gasteiger partial charge in [-0.15, -0.1) is 0 Å². The van der Waals surface area contributed by atoms with E-state index in [1.54, 1.807) is 13.0 Å². The number of carbonyl (C=O) groups is 2. The molecule has 0 aromatic heterocycles. The quantitative estimate of drug-likeness (QED) is 0.549. The topological polar surface area (TPSA) is 129 Å². The second-order valence-electron chi connectivity index (χ2n) is 6.28. The molecule has 1 aromatic carbocycles. The molecule has 0 spiro atoms. The number of nitro groups is 1. The number of carbonyl (C=O) groups excluding carboxylic acids is 2. The van der Waals surface area contributed by atoms with E-state index in [9.17, 15) is 19.7 Å². The van der Waals surface area contributed by atoms with Crippen molar-refractivity contribution in [1.82, 2.24) is 15.8 Å². The maximum Gasteiger partial charge on any atom is 0.271 e. The Morgan fingerprint density at radius 1 is 1.42 bits per heavy atom. The zero-order valence-corrected chi connectivity index (χ0v) is 14.5. The van der Waals surface area contributed by atoms with E-state index in [1.165, 1.54) is 17.1 Å². The summed E-state index contributed by atoms with van der Waals surface area (Å²) in [5.41, 5.74) is 4.78. The van der Waals surface area contributed by atoms with E-state index in [2.05, 4.69) is 21.1 Å². The van der Waals surface area contributed by atoms with Gasteiger partial charge in [0.05, 0.1) is 17.0 Å². The fraction of sp³-hybridized carbons (Fsp3) is 0.312. The van der Waals surface area contributed by atoms with Gasteiger partial charge in [0.2, 0.25) is 17.8 Å². The van der Waals surface area contributed by atoms with Crippen molar-refractivity contribution >= 4 is 29.1 Å². The van der Waals surface area contributed by atoms with E-state index in [1.807, 2.05) is 13.8 Å². The van der Waals surface area contributed by atoms with Crippen LogP contribution >= 0.6 is 0 Å². The van der Waals surface area contributed by atoms with Crippen LogP contribution in [0.5, 0.6) is 0 Å². The van der Waals surface area contributed by atoms with E-state index in [0.29, 0.717) is 17.1 Å². The van der Waals surface area contributed by atoms with E-state index in [0.717, 1.165) is 5.57 Å². The second kappa shape index (κ2) is 6.47. The minimum absolute atomic E-state index is 0.0676. The molecule has 3 rings (SSSR count). The van der Waals surface area contributed by atoms with Crippen LogP contribution in [0.4, 0.5) is 11.4 Å². The van der Waals surface area contributed by atoms with Crippen molar-refractivity contribution in [1.29, 1.82) is 0 Å². The highest BCUT2D eigenvalue weighted by Gasteiger charge is 2.39. The normalized spacial score (nSPS) is 18.5. The van der Waals surface area contributed by atoms with Gasteiger partial charge in [-0.05, 0) is 31.9 Å². The van der Waals surface area contributed by atoms with Crippen LogP contribution in [0.3, 0.4) is 0 Å². The summed E-state index contributed by atoms with van der Waals surface area (Å²) >= 11 is 0. The fourth-order valence-corrected chi connectivity index (χ4v) is 2.62. The molecule has 3 N–H and O–H groups in total. The summed E-state index contributed by atoms with van der Waals surface area (Å²) in [6.45, 7) is 5.44. The lowest BCUT2D eigenvalue weighted by molar-refractivity contribution is -0.384. The first-order valence-electron chi connectivity index (χ1n) is 7.94. The molecule has 10 heteroatoms. The number of nitrogens with one attached hydrogen (secondary N) is 3. The van der Waals surface area contributed by atoms with Crippen LogP contribution in [0.15, 0.2) is 34.6 Å². The van der Waals surface area contributed by atoms with Crippen molar-refractivity contribution in [3.63, 3.8) is 0 Å². The number of anilines is 1. The van der Waals surface area contributed by atoms with Gasteiger partial charge in [0.1, 0.15) is 11.9 Å². The van der Waals surface area contributed by atoms with E-state index >= 15 is 0 Å². The summed E-state index contributed by atoms with van der Waals surface area (Å²) in [4.78, 5) is 39.4. The highest BCUT2D eigenvalue weighted by molar-refractivity contribution is 6.08. The maximum atomic E-state index is 12.8. The molecule has 2 heterocycles. The lowest BCUT2D eigenvalue weighted by Crippen LogP contribution is -2.61. The Kier molecular flexibility index (Phi) is 4.33. The molecule has 2 aliphatic rings. The lowest BCUT2D eigenvalue weighted by Gasteiger charge is -2.32. The largest absolute Gasteiger partial charge is 0.324 e. The minimum Gasteiger partial charge on any atom is -0.324 e. The predicted octanol–water partition coefficient (Wildman–Crippen LogP) is 1.16. The molecule has 2 amide bonds. The van der Waals surface area contributed by atoms with Gasteiger partial charge in [0.25, 0.3) is 5.69 Å². The molecule has 0 radical (unpaired) electrons. The first kappa shape index (κ1) is 17.4. The second-order valence-corrected chi connectivity index (χ2v) is 6.28. The predicted molar refractivity (Wildman–Crippen MR) is 93.8 cm³/mol. The average Bonchev–Trinajstić information content (AvgIpc) is 2.99. The Morgan fingerprint density at radius 3 is 2.81 bits per heavy atom. The molecule has 1 saturated heterocycles. The number of hydrazine groups is 1. The minimum atomic E-state index is -0.835. The van der Waals surface area contributed by atoms with Gasteiger partial charge in [-0.25, -0.2) is 5.01 Å². The number of aliphatic imine (C=N–C) groups is 1. The van der Waals surface area contributed by atoms with E-state index < -0.39 is 16.9 Å². The zero-order valence-electron chi connectivity index (χ0n) is 14.5. The SMILES string of the molecule is CC(C)=C1N=C2NC(=O)C[C@H](C(=O)Nc3cc([N+](=O)[O-])ccc3C)N2N1. The Labute approximate surface area is 149 Å². The van der Waals surface area contributed by atoms with Gasteiger partial charge in [-0.2, -0.15) is 4.99 Å². The smallest absolute Gasteiger partial charge is 0.271 e. The fourth-order valence-electron chi connectivity index (χ4n) is 2.62. The summed E-state index contributed by atoms with van der Waals surface area (Å²) in [5, 5.41) is 17.7. The third-order valence-corrected chi connectivity index (χ3v) is 4.08. The molecule has 1 fully saturated rings. The molecule has 0 bridgehead atoms. The molecule has 0 saturated carbocycles. The number of benzene rings is 1. The van der Waals surface area contributed by atoms with Gasteiger partial charge in [-0.3, -0.25) is 30.4 Å². The van der Waals surface area contributed by atoms with Gasteiger partial charge in [0, 0.05) is 12.1 Å². The number of rotatable bonds is 3. The molecule has 2 aliphatic heterocycles. The molecule has 10 nitrogen and oxygen atoms in total. The number of aryl methyl sites for hydroxylation is 1. The number of fused-ring (bicyclic) bond motifs is 1. The number of non-ortho nitro benzene ring substituents is 1. The van der Waals surface area contributed by atoms with Gasteiger partial charge >= 0.3 is 0 Å². The molecule has 1 aromatic rings. The zero-order chi connectivity index (χ0) is 19.0. The molecular weight excluding hydrogens is 340 g/mol. The van der Waals surface area contributed by atoms with E-state index in [-0.39, 0.29) is 24.0 Å². The van der Waals surface area contributed by atoms with Crippen molar-refractivity contribution in [3.05, 3.63) is 45.3 Å². The summed E-state index contributed by atoms with van der Waals surface area (Å²) in [5.74, 6) is 0.0336. The van der Waals surface area contributed by atoms with E-state index in [4.69, 9.17) is 0 Å². The van der Waals surface area contributed by atoms with Crippen LogP contribution in [-0.4, -0.2) is 33.7 Å². The van der Waals surface area contributed by atoms with Crippen LogP contribution in [0.25, 0.3) is 0 Å². The number of allylic oxidation sites excluding steroid dienone is 1. The number of hydrogen-bond donors (Lipinski definition) is 3. The standard InChI is InChI=1S/C16H18N6O4/c1-8(2)14-19-16-18-13(23)7-12(21(16)20-14)15(24)17-11-6-10(22(25)26)5-4-9(11)3/h4-6,12,20H,7H2,1-3H3,(H,17,24)(H,18,19,23)/t12-/m1/s1. The molecule has 26 heavy (non-hydrogen) atoms. The summed E-state index contributed by atoms with van der Waals surface area (Å²) < 4.78 is 0. The Morgan fingerprint density at radius 2 is 2.15 bits per heavy atom. The first-order chi connectivity index (χ1) is 12.3. The molecular formula is C16H18N6O4. The Bertz CT molecular complexity index is 871. The van der Waals surface area contributed by atoms with Crippen LogP contribution in [0.1, 0.15) is 25.8 Å². The highest BCUT2D eigenvalue weighted by atomic mass is 16.6. The lowest BCUT2D eigenvalue weighted by atomic mass is 10.1. The Balaban J connectivity index is 1.85. The summed E-state index contributed by atoms with van der Waals surface area (Å²) in [6.07, 6.45) is -0.0676. The summed E-state index contributed by atoms with van der Waals surface area (Å²) in [7, 11) is 0. The van der Waals surface area contributed by atoms with Crippen molar-refractivity contribution in [2.75, 3.05) is 5.32 Å². The monoisotopic (exact) mass is 358 g/mol. The maximum absolute atomic E-state index is 12.8. The number of guanidine groups is 1. The number of nitro benzene ring substituents is 1. The van der Waals surface area contributed by atoms with Crippen molar-refractivity contribution in [2.24, 2.45) is 4.99 Å². The van der Waals surface area contributed by atoms with Crippen molar-refractivity contribution in [2.45, 2.75) is 33.2 Å². The van der Waals surface area contributed by atoms with Gasteiger partial charge < -0.3 is 5.32 Å².